The van der Waals surface area contributed by atoms with Crippen LogP contribution >= 0.6 is 11.6 Å². The number of benzene rings is 2. The molecule has 0 saturated carbocycles. The molecule has 0 aliphatic carbocycles. The quantitative estimate of drug-likeness (QED) is 0.713. The topological polar surface area (TPSA) is 42.0 Å². The molecule has 1 atom stereocenters. The molecule has 25 heavy (non-hydrogen) atoms. The van der Waals surface area contributed by atoms with Crippen molar-refractivity contribution in [2.45, 2.75) is 13.0 Å². The number of amides is 1. The largest absolute Gasteiger partial charge is 0.346 e. The van der Waals surface area contributed by atoms with Gasteiger partial charge in [-0.3, -0.25) is 9.78 Å². The van der Waals surface area contributed by atoms with E-state index in [-0.39, 0.29) is 17.5 Å². The maximum Gasteiger partial charge on any atom is 0.251 e. The van der Waals surface area contributed by atoms with E-state index in [2.05, 4.69) is 10.3 Å². The van der Waals surface area contributed by atoms with Crippen LogP contribution in [-0.4, -0.2) is 10.9 Å². The van der Waals surface area contributed by atoms with Crippen LogP contribution in [0.5, 0.6) is 0 Å². The lowest BCUT2D eigenvalue weighted by molar-refractivity contribution is 0.0939. The number of nitrogens with one attached hydrogen (secondary N) is 1. The van der Waals surface area contributed by atoms with Crippen LogP contribution in [0, 0.1) is 5.82 Å². The van der Waals surface area contributed by atoms with Crippen molar-refractivity contribution in [2.24, 2.45) is 0 Å². The number of rotatable bonds is 4. The van der Waals surface area contributed by atoms with Gasteiger partial charge in [-0.05, 0) is 54.4 Å². The summed E-state index contributed by atoms with van der Waals surface area (Å²) in [4.78, 5) is 16.3. The van der Waals surface area contributed by atoms with E-state index in [0.717, 1.165) is 5.56 Å². The lowest BCUT2D eigenvalue weighted by Crippen LogP contribution is -2.26. The van der Waals surface area contributed by atoms with Crippen LogP contribution in [0.25, 0.3) is 11.1 Å². The first-order chi connectivity index (χ1) is 12.0. The molecule has 1 aromatic heterocycles. The predicted molar refractivity (Wildman–Crippen MR) is 97.0 cm³/mol. The summed E-state index contributed by atoms with van der Waals surface area (Å²) in [5.41, 5.74) is 2.35. The highest BCUT2D eigenvalue weighted by atomic mass is 35.5. The molecule has 0 unspecified atom stereocenters. The zero-order valence-electron chi connectivity index (χ0n) is 13.5. The first kappa shape index (κ1) is 17.1. The smallest absolute Gasteiger partial charge is 0.251 e. The Hall–Kier alpha value is -2.72. The van der Waals surface area contributed by atoms with Gasteiger partial charge in [-0.2, -0.15) is 0 Å². The normalized spacial score (nSPS) is 11.8. The summed E-state index contributed by atoms with van der Waals surface area (Å²) in [5, 5.41) is 3.49. The van der Waals surface area contributed by atoms with Gasteiger partial charge in [0.15, 0.2) is 0 Å². The molecule has 0 fully saturated rings. The highest BCUT2D eigenvalue weighted by molar-refractivity contribution is 6.30. The molecule has 0 radical (unpaired) electrons. The van der Waals surface area contributed by atoms with Crippen LogP contribution in [0.2, 0.25) is 5.02 Å². The monoisotopic (exact) mass is 354 g/mol. The number of aromatic nitrogens is 1. The number of nitrogens with zero attached hydrogens (tertiary/aromatic N) is 1. The molecule has 2 aromatic carbocycles. The SMILES string of the molecule is C[C@@H](NC(=O)c1ccc(-c2ccncc2)c(F)c1)c1ccc(Cl)cc1. The van der Waals surface area contributed by atoms with Crippen molar-refractivity contribution in [2.75, 3.05) is 0 Å². The van der Waals surface area contributed by atoms with Crippen LogP contribution in [0.15, 0.2) is 67.0 Å². The molecule has 126 valence electrons. The molecule has 0 bridgehead atoms. The minimum absolute atomic E-state index is 0.215. The van der Waals surface area contributed by atoms with E-state index in [4.69, 9.17) is 11.6 Å². The van der Waals surface area contributed by atoms with Gasteiger partial charge in [0.25, 0.3) is 5.91 Å². The van der Waals surface area contributed by atoms with E-state index in [9.17, 15) is 9.18 Å². The molecule has 1 amide bonds. The Balaban J connectivity index is 1.76. The predicted octanol–water partition coefficient (Wildman–Crippen LogP) is 5.03. The molecule has 5 heteroatoms. The lowest BCUT2D eigenvalue weighted by atomic mass is 10.0. The zero-order valence-corrected chi connectivity index (χ0v) is 14.3. The van der Waals surface area contributed by atoms with Gasteiger partial charge in [-0.1, -0.05) is 29.8 Å². The van der Waals surface area contributed by atoms with E-state index >= 15 is 0 Å². The molecule has 0 spiro atoms. The fraction of sp³-hybridized carbons (Fsp3) is 0.100. The average Bonchev–Trinajstić information content (AvgIpc) is 2.62. The molecule has 0 saturated heterocycles. The van der Waals surface area contributed by atoms with Crippen molar-refractivity contribution >= 4 is 17.5 Å². The number of carbonyl (C=O) groups excluding carboxylic acids is 1. The zero-order chi connectivity index (χ0) is 17.8. The summed E-state index contributed by atoms with van der Waals surface area (Å²) in [7, 11) is 0. The van der Waals surface area contributed by atoms with Crippen LogP contribution in [0.3, 0.4) is 0 Å². The van der Waals surface area contributed by atoms with Crippen LogP contribution < -0.4 is 5.32 Å². The van der Waals surface area contributed by atoms with Crippen molar-refractivity contribution in [3.8, 4) is 11.1 Å². The second-order valence-electron chi connectivity index (χ2n) is 5.68. The molecule has 1 N–H and O–H groups in total. The van der Waals surface area contributed by atoms with Gasteiger partial charge in [-0.15, -0.1) is 0 Å². The molecule has 3 aromatic rings. The maximum atomic E-state index is 14.4. The van der Waals surface area contributed by atoms with Crippen molar-refractivity contribution in [3.05, 3.63) is 89.0 Å². The standard InChI is InChI=1S/C20H16ClFN2O/c1-13(14-2-5-17(21)6-3-14)24-20(25)16-4-7-18(19(22)12-16)15-8-10-23-11-9-15/h2-13H,1H3,(H,24,25)/t13-/m1/s1. The van der Waals surface area contributed by atoms with Gasteiger partial charge < -0.3 is 5.32 Å². The van der Waals surface area contributed by atoms with Crippen molar-refractivity contribution < 1.29 is 9.18 Å². The third-order valence-corrected chi connectivity index (χ3v) is 4.19. The van der Waals surface area contributed by atoms with Crippen molar-refractivity contribution in [1.29, 1.82) is 0 Å². The Morgan fingerprint density at radius 2 is 1.76 bits per heavy atom. The summed E-state index contributed by atoms with van der Waals surface area (Å²) in [6.45, 7) is 1.86. The van der Waals surface area contributed by atoms with E-state index < -0.39 is 5.82 Å². The van der Waals surface area contributed by atoms with Gasteiger partial charge in [0.05, 0.1) is 6.04 Å². The molecule has 3 rings (SSSR count). The average molecular weight is 355 g/mol. The third-order valence-electron chi connectivity index (χ3n) is 3.94. The Morgan fingerprint density at radius 3 is 2.40 bits per heavy atom. The van der Waals surface area contributed by atoms with E-state index in [1.165, 1.54) is 6.07 Å². The van der Waals surface area contributed by atoms with E-state index in [1.807, 2.05) is 19.1 Å². The van der Waals surface area contributed by atoms with E-state index in [1.54, 1.807) is 48.8 Å². The molecular weight excluding hydrogens is 339 g/mol. The van der Waals surface area contributed by atoms with Crippen LogP contribution in [0.1, 0.15) is 28.9 Å². The highest BCUT2D eigenvalue weighted by Gasteiger charge is 2.14. The molecule has 0 aliphatic heterocycles. The summed E-state index contributed by atoms with van der Waals surface area (Å²) in [5.74, 6) is -0.777. The Morgan fingerprint density at radius 1 is 1.08 bits per heavy atom. The summed E-state index contributed by atoms with van der Waals surface area (Å²) < 4.78 is 14.4. The Kier molecular flexibility index (Phi) is 5.10. The number of hydrogen-bond donors (Lipinski definition) is 1. The van der Waals surface area contributed by atoms with Crippen molar-refractivity contribution in [1.82, 2.24) is 10.3 Å². The first-order valence-corrected chi connectivity index (χ1v) is 8.18. The second-order valence-corrected chi connectivity index (χ2v) is 6.11. The van der Waals surface area contributed by atoms with Gasteiger partial charge in [-0.25, -0.2) is 4.39 Å². The number of carbonyl (C=O) groups is 1. The maximum absolute atomic E-state index is 14.4. The van der Waals surface area contributed by atoms with Gasteiger partial charge in [0, 0.05) is 28.5 Å². The third kappa shape index (κ3) is 4.03. The first-order valence-electron chi connectivity index (χ1n) is 7.81. The van der Waals surface area contributed by atoms with Gasteiger partial charge in [0.1, 0.15) is 5.82 Å². The molecule has 3 nitrogen and oxygen atoms in total. The molecule has 1 heterocycles. The Bertz CT molecular complexity index is 882. The summed E-state index contributed by atoms with van der Waals surface area (Å²) in [6, 6.07) is 14.9. The number of pyridine rings is 1. The van der Waals surface area contributed by atoms with Crippen LogP contribution in [0.4, 0.5) is 4.39 Å². The summed E-state index contributed by atoms with van der Waals surface area (Å²) >= 11 is 5.87. The lowest BCUT2D eigenvalue weighted by Gasteiger charge is -2.15. The fourth-order valence-electron chi connectivity index (χ4n) is 2.54. The van der Waals surface area contributed by atoms with Crippen LogP contribution in [-0.2, 0) is 0 Å². The van der Waals surface area contributed by atoms with Crippen molar-refractivity contribution in [3.63, 3.8) is 0 Å². The highest BCUT2D eigenvalue weighted by Crippen LogP contribution is 2.23. The second kappa shape index (κ2) is 7.45. The molecular formula is C20H16ClFN2O. The fourth-order valence-corrected chi connectivity index (χ4v) is 2.66. The minimum atomic E-state index is -0.446. The minimum Gasteiger partial charge on any atom is -0.346 e. The van der Waals surface area contributed by atoms with E-state index in [0.29, 0.717) is 16.1 Å². The molecule has 0 aliphatic rings. The number of halogens is 2. The van der Waals surface area contributed by atoms with Gasteiger partial charge >= 0.3 is 0 Å². The Labute approximate surface area is 150 Å². The summed E-state index contributed by atoms with van der Waals surface area (Å²) in [6.07, 6.45) is 3.20. The van der Waals surface area contributed by atoms with Gasteiger partial charge in [0.2, 0.25) is 0 Å². The number of hydrogen-bond acceptors (Lipinski definition) is 2.